The van der Waals surface area contributed by atoms with Crippen LogP contribution in [0.5, 0.6) is 5.75 Å². The monoisotopic (exact) mass is 305 g/mol. The molecule has 0 saturated heterocycles. The summed E-state index contributed by atoms with van der Waals surface area (Å²) in [6, 6.07) is 3.87. The third kappa shape index (κ3) is 2.62. The smallest absolute Gasteiger partial charge is 0.358 e. The quantitative estimate of drug-likeness (QED) is 0.787. The minimum absolute atomic E-state index is 0.197. The van der Waals surface area contributed by atoms with Crippen molar-refractivity contribution < 1.29 is 24.9 Å². The second-order valence-corrected chi connectivity index (χ2v) is 5.76. The lowest BCUT2D eigenvalue weighted by atomic mass is 9.90. The van der Waals surface area contributed by atoms with Crippen molar-refractivity contribution in [1.82, 2.24) is 15.0 Å². The minimum Gasteiger partial charge on any atom is -0.507 e. The number of nitrogens with zero attached hydrogens (tertiary/aromatic N) is 3. The number of carboxylic acid groups (broad SMARTS) is 2. The average molecular weight is 305 g/mol. The minimum atomic E-state index is -1.30. The number of hydrogen-bond donors (Lipinski definition) is 3. The predicted molar refractivity (Wildman–Crippen MR) is 75.6 cm³/mol. The SMILES string of the molecule is CC(C)(C)c1c(C(=O)O)nnn1-c1ccc(O)c(C(=O)O)c1. The lowest BCUT2D eigenvalue weighted by Gasteiger charge is -2.20. The Kier molecular flexibility index (Phi) is 3.62. The second kappa shape index (κ2) is 5.14. The molecule has 1 aromatic heterocycles. The first-order chi connectivity index (χ1) is 10.1. The van der Waals surface area contributed by atoms with Gasteiger partial charge in [0, 0.05) is 5.41 Å². The van der Waals surface area contributed by atoms with Crippen LogP contribution in [0.2, 0.25) is 0 Å². The Morgan fingerprint density at radius 1 is 1.14 bits per heavy atom. The highest BCUT2D eigenvalue weighted by Crippen LogP contribution is 2.28. The van der Waals surface area contributed by atoms with Crippen molar-refractivity contribution in [3.05, 3.63) is 35.2 Å². The maximum atomic E-state index is 11.3. The zero-order valence-corrected chi connectivity index (χ0v) is 12.2. The normalized spacial score (nSPS) is 11.4. The lowest BCUT2D eigenvalue weighted by Crippen LogP contribution is -2.21. The maximum Gasteiger partial charge on any atom is 0.358 e. The summed E-state index contributed by atoms with van der Waals surface area (Å²) >= 11 is 0. The summed E-state index contributed by atoms with van der Waals surface area (Å²) in [5, 5.41) is 35.3. The molecule has 2 aromatic rings. The number of aromatic carboxylic acids is 2. The van der Waals surface area contributed by atoms with Crippen LogP contribution in [0.25, 0.3) is 5.69 Å². The first kappa shape index (κ1) is 15.5. The van der Waals surface area contributed by atoms with E-state index in [-0.39, 0.29) is 17.0 Å². The van der Waals surface area contributed by atoms with Crippen LogP contribution in [0.4, 0.5) is 0 Å². The van der Waals surface area contributed by atoms with E-state index < -0.39 is 17.4 Å². The molecule has 0 amide bonds. The largest absolute Gasteiger partial charge is 0.507 e. The van der Waals surface area contributed by atoms with Crippen molar-refractivity contribution >= 4 is 11.9 Å². The van der Waals surface area contributed by atoms with Crippen LogP contribution in [0.1, 0.15) is 47.3 Å². The Morgan fingerprint density at radius 3 is 2.27 bits per heavy atom. The van der Waals surface area contributed by atoms with Gasteiger partial charge in [-0.25, -0.2) is 14.3 Å². The fourth-order valence-corrected chi connectivity index (χ4v) is 2.11. The van der Waals surface area contributed by atoms with Gasteiger partial charge in [-0.1, -0.05) is 26.0 Å². The molecule has 0 radical (unpaired) electrons. The molecule has 2 rings (SSSR count). The summed E-state index contributed by atoms with van der Waals surface area (Å²) in [6.07, 6.45) is 0. The molecule has 3 N–H and O–H groups in total. The number of hydrogen-bond acceptors (Lipinski definition) is 5. The first-order valence-electron chi connectivity index (χ1n) is 6.39. The molecule has 1 heterocycles. The number of carboxylic acids is 2. The highest BCUT2D eigenvalue weighted by molar-refractivity contribution is 5.91. The molecule has 0 fully saturated rings. The summed E-state index contributed by atoms with van der Waals surface area (Å²) < 4.78 is 1.27. The summed E-state index contributed by atoms with van der Waals surface area (Å²) in [5.74, 6) is -2.89. The molecule has 0 aliphatic rings. The fraction of sp³-hybridized carbons (Fsp3) is 0.286. The molecule has 8 heteroatoms. The van der Waals surface area contributed by atoms with E-state index in [9.17, 15) is 19.8 Å². The van der Waals surface area contributed by atoms with Crippen molar-refractivity contribution in [3.8, 4) is 11.4 Å². The van der Waals surface area contributed by atoms with Crippen molar-refractivity contribution in [2.45, 2.75) is 26.2 Å². The van der Waals surface area contributed by atoms with Crippen LogP contribution in [-0.4, -0.2) is 42.3 Å². The Morgan fingerprint density at radius 2 is 1.77 bits per heavy atom. The molecule has 8 nitrogen and oxygen atoms in total. The number of aromatic nitrogens is 3. The number of benzene rings is 1. The van der Waals surface area contributed by atoms with E-state index in [1.165, 1.54) is 22.9 Å². The molecule has 22 heavy (non-hydrogen) atoms. The topological polar surface area (TPSA) is 126 Å². The Bertz CT molecular complexity index is 758. The van der Waals surface area contributed by atoms with Crippen LogP contribution in [-0.2, 0) is 5.41 Å². The summed E-state index contributed by atoms with van der Waals surface area (Å²) in [5.41, 5.74) is -0.442. The molecule has 0 atom stereocenters. The van der Waals surface area contributed by atoms with Gasteiger partial charge in [0.15, 0.2) is 5.69 Å². The van der Waals surface area contributed by atoms with Gasteiger partial charge < -0.3 is 15.3 Å². The number of carbonyl (C=O) groups is 2. The van der Waals surface area contributed by atoms with E-state index in [4.69, 9.17) is 5.11 Å². The van der Waals surface area contributed by atoms with E-state index in [0.29, 0.717) is 11.4 Å². The van der Waals surface area contributed by atoms with Crippen LogP contribution in [0.15, 0.2) is 18.2 Å². The third-order valence-electron chi connectivity index (χ3n) is 3.04. The zero-order valence-electron chi connectivity index (χ0n) is 12.2. The fourth-order valence-electron chi connectivity index (χ4n) is 2.11. The molecule has 1 aromatic carbocycles. The zero-order chi connectivity index (χ0) is 16.7. The number of aromatic hydroxyl groups is 1. The summed E-state index contributed by atoms with van der Waals surface area (Å²) in [6.45, 7) is 5.40. The maximum absolute atomic E-state index is 11.3. The van der Waals surface area contributed by atoms with E-state index in [1.807, 2.05) is 0 Å². The Hall–Kier alpha value is -2.90. The third-order valence-corrected chi connectivity index (χ3v) is 3.04. The van der Waals surface area contributed by atoms with Gasteiger partial charge in [-0.05, 0) is 18.2 Å². The molecule has 116 valence electrons. The van der Waals surface area contributed by atoms with Gasteiger partial charge in [-0.15, -0.1) is 5.10 Å². The van der Waals surface area contributed by atoms with Gasteiger partial charge >= 0.3 is 11.9 Å². The standard InChI is InChI=1S/C14H15N3O5/c1-14(2,3)11-10(13(21)22)15-16-17(11)7-4-5-9(18)8(6-7)12(19)20/h4-6,18H,1-3H3,(H,19,20)(H,21,22). The van der Waals surface area contributed by atoms with Crippen molar-refractivity contribution in [2.24, 2.45) is 0 Å². The van der Waals surface area contributed by atoms with Gasteiger partial charge in [-0.2, -0.15) is 0 Å². The molecular formula is C14H15N3O5. The summed E-state index contributed by atoms with van der Waals surface area (Å²) in [4.78, 5) is 22.4. The lowest BCUT2D eigenvalue weighted by molar-refractivity contribution is 0.0679. The second-order valence-electron chi connectivity index (χ2n) is 5.76. The molecule has 0 saturated carbocycles. The highest BCUT2D eigenvalue weighted by Gasteiger charge is 2.30. The van der Waals surface area contributed by atoms with Crippen molar-refractivity contribution in [2.75, 3.05) is 0 Å². The van der Waals surface area contributed by atoms with Gasteiger partial charge in [0.2, 0.25) is 0 Å². The molecular weight excluding hydrogens is 290 g/mol. The Labute approximate surface area is 125 Å². The molecule has 0 unspecified atom stereocenters. The number of rotatable bonds is 3. The molecule has 0 aliphatic carbocycles. The highest BCUT2D eigenvalue weighted by atomic mass is 16.4. The van der Waals surface area contributed by atoms with Crippen LogP contribution in [0, 0.1) is 0 Å². The van der Waals surface area contributed by atoms with E-state index in [0.717, 1.165) is 0 Å². The summed E-state index contributed by atoms with van der Waals surface area (Å²) in [7, 11) is 0. The van der Waals surface area contributed by atoms with Gasteiger partial charge in [0.05, 0.1) is 11.4 Å². The van der Waals surface area contributed by atoms with Crippen LogP contribution < -0.4 is 0 Å². The molecule has 0 bridgehead atoms. The number of phenols is 1. The van der Waals surface area contributed by atoms with E-state index >= 15 is 0 Å². The van der Waals surface area contributed by atoms with Crippen molar-refractivity contribution in [1.29, 1.82) is 0 Å². The first-order valence-corrected chi connectivity index (χ1v) is 6.39. The van der Waals surface area contributed by atoms with Gasteiger partial charge in [-0.3, -0.25) is 0 Å². The van der Waals surface area contributed by atoms with E-state index in [1.54, 1.807) is 20.8 Å². The van der Waals surface area contributed by atoms with Gasteiger partial charge in [0.25, 0.3) is 0 Å². The van der Waals surface area contributed by atoms with Crippen LogP contribution >= 0.6 is 0 Å². The Balaban J connectivity index is 2.71. The van der Waals surface area contributed by atoms with E-state index in [2.05, 4.69) is 10.3 Å². The molecule has 0 spiro atoms. The van der Waals surface area contributed by atoms with Crippen molar-refractivity contribution in [3.63, 3.8) is 0 Å². The predicted octanol–water partition coefficient (Wildman–Crippen LogP) is 1.67. The average Bonchev–Trinajstić information content (AvgIpc) is 2.83. The van der Waals surface area contributed by atoms with Crippen LogP contribution in [0.3, 0.4) is 0 Å². The molecule has 0 aliphatic heterocycles. The van der Waals surface area contributed by atoms with Gasteiger partial charge in [0.1, 0.15) is 11.3 Å².